The predicted molar refractivity (Wildman–Crippen MR) is 418 cm³/mol. The molecule has 4 atom stereocenters. The Hall–Kier alpha value is -10.6. The highest BCUT2D eigenvalue weighted by atomic mass is 32.2. The third-order valence-electron chi connectivity index (χ3n) is 19.6. The fourth-order valence-corrected chi connectivity index (χ4v) is 13.9. The van der Waals surface area contributed by atoms with E-state index in [0.717, 1.165) is 85.1 Å². The topological polar surface area (TPSA) is 261 Å². The Balaban J connectivity index is 0.000000246. The van der Waals surface area contributed by atoms with Crippen molar-refractivity contribution in [1.82, 2.24) is 25.6 Å². The smallest absolute Gasteiger partial charge is 0.413 e. The second-order valence-corrected chi connectivity index (χ2v) is 29.6. The van der Waals surface area contributed by atoms with Crippen LogP contribution in [0.4, 0.5) is 21.0 Å². The van der Waals surface area contributed by atoms with Gasteiger partial charge in [0, 0.05) is 111 Å². The number of amides is 4. The molecular formula is C86H101N9O10S. The van der Waals surface area contributed by atoms with Gasteiger partial charge in [0.05, 0.1) is 6.26 Å². The SMILES string of the molecule is C[C@H](CC(=O)[C@@H](CCc1ccccc1)CCc1ccc(N2CCCCC2)cc1)C(=O)NCc1ccc(C(=N)NC(=O)OCc2ccccc2)cc1.C[C@H](CC(=O)[C@@H](CCc1ccccc1)CCc1ccc(N2CCN(S(C)(=O)=O)CC2)cc1)C(=O)NCc1ccc(C(=N)NC(=O)OCc2ccccc2)cc1. The molecule has 0 aromatic heterocycles. The zero-order chi connectivity index (χ0) is 75.1. The van der Waals surface area contributed by atoms with Gasteiger partial charge in [-0.15, -0.1) is 0 Å². The van der Waals surface area contributed by atoms with Crippen LogP contribution in [0.15, 0.2) is 218 Å². The van der Waals surface area contributed by atoms with Gasteiger partial charge in [-0.05, 0) is 139 Å². The van der Waals surface area contributed by atoms with Crippen molar-refractivity contribution < 1.29 is 46.7 Å². The Morgan fingerprint density at radius 2 is 0.708 bits per heavy atom. The molecule has 20 heteroatoms. The van der Waals surface area contributed by atoms with Crippen molar-refractivity contribution in [2.75, 3.05) is 55.3 Å². The van der Waals surface area contributed by atoms with Crippen molar-refractivity contribution in [2.24, 2.45) is 23.7 Å². The van der Waals surface area contributed by atoms with Crippen molar-refractivity contribution >= 4 is 68.6 Å². The molecule has 0 saturated carbocycles. The predicted octanol–water partition coefficient (Wildman–Crippen LogP) is 14.1. The maximum Gasteiger partial charge on any atom is 0.413 e. The van der Waals surface area contributed by atoms with Crippen LogP contribution in [-0.4, -0.2) is 105 Å². The number of rotatable bonds is 33. The number of amidine groups is 2. The summed E-state index contributed by atoms with van der Waals surface area (Å²) in [5.41, 5.74) is 11.5. The molecule has 2 fully saturated rings. The van der Waals surface area contributed by atoms with E-state index in [9.17, 15) is 37.2 Å². The minimum atomic E-state index is -3.19. The number of nitrogens with zero attached hydrogens (tertiary/aromatic N) is 3. The number of aryl methyl sites for hydroxylation is 4. The maximum absolute atomic E-state index is 13.7. The Labute approximate surface area is 624 Å². The molecule has 0 spiro atoms. The van der Waals surface area contributed by atoms with Gasteiger partial charge in [-0.3, -0.25) is 40.6 Å². The Morgan fingerprint density at radius 1 is 0.396 bits per heavy atom. The Morgan fingerprint density at radius 3 is 1.05 bits per heavy atom. The maximum atomic E-state index is 13.7. The molecule has 2 heterocycles. The zero-order valence-electron chi connectivity index (χ0n) is 61.2. The number of ether oxygens (including phenoxy) is 2. The average molecular weight is 1450 g/mol. The van der Waals surface area contributed by atoms with Gasteiger partial charge in [0.1, 0.15) is 36.5 Å². The van der Waals surface area contributed by atoms with E-state index < -0.39 is 34.0 Å². The number of benzene rings is 8. The molecule has 2 saturated heterocycles. The van der Waals surface area contributed by atoms with Crippen molar-refractivity contribution in [3.8, 4) is 0 Å². The van der Waals surface area contributed by atoms with Crippen LogP contribution >= 0.6 is 0 Å². The quantitative estimate of drug-likeness (QED) is 0.0166. The summed E-state index contributed by atoms with van der Waals surface area (Å²) < 4.78 is 35.7. The van der Waals surface area contributed by atoms with Crippen LogP contribution in [0.2, 0.25) is 0 Å². The van der Waals surface area contributed by atoms with E-state index in [1.165, 1.54) is 52.2 Å². The number of piperazine rings is 1. The third-order valence-corrected chi connectivity index (χ3v) is 20.9. The van der Waals surface area contributed by atoms with Crippen LogP contribution in [0.1, 0.15) is 127 Å². The van der Waals surface area contributed by atoms with E-state index in [-0.39, 0.29) is 79.5 Å². The second kappa shape index (κ2) is 41.2. The summed E-state index contributed by atoms with van der Waals surface area (Å²) >= 11 is 0. The molecule has 556 valence electrons. The molecule has 19 nitrogen and oxygen atoms in total. The largest absolute Gasteiger partial charge is 0.444 e. The van der Waals surface area contributed by atoms with E-state index >= 15 is 0 Å². The number of carbonyl (C=O) groups excluding carboxylic acids is 6. The first kappa shape index (κ1) is 79.5. The number of piperidine rings is 1. The summed E-state index contributed by atoms with van der Waals surface area (Å²) in [4.78, 5) is 82.6. The zero-order valence-corrected chi connectivity index (χ0v) is 62.0. The highest BCUT2D eigenvalue weighted by Crippen LogP contribution is 2.27. The van der Waals surface area contributed by atoms with Crippen LogP contribution in [0, 0.1) is 34.5 Å². The normalized spacial score (nSPS) is 14.1. The molecule has 6 N–H and O–H groups in total. The molecule has 2 aliphatic rings. The third kappa shape index (κ3) is 26.5. The number of ketones is 2. The second-order valence-electron chi connectivity index (χ2n) is 27.6. The molecule has 0 aliphatic carbocycles. The fourth-order valence-electron chi connectivity index (χ4n) is 13.1. The van der Waals surface area contributed by atoms with E-state index in [4.69, 9.17) is 20.3 Å². The summed E-state index contributed by atoms with van der Waals surface area (Å²) in [6, 6.07) is 70.1. The Kier molecular flexibility index (Phi) is 30.9. The number of alkyl carbamates (subject to hydrolysis) is 2. The van der Waals surface area contributed by atoms with Crippen LogP contribution in [0.25, 0.3) is 0 Å². The van der Waals surface area contributed by atoms with Crippen molar-refractivity contribution in [3.63, 3.8) is 0 Å². The molecule has 8 aromatic carbocycles. The minimum Gasteiger partial charge on any atom is -0.444 e. The lowest BCUT2D eigenvalue weighted by molar-refractivity contribution is -0.130. The van der Waals surface area contributed by atoms with Gasteiger partial charge in [0.25, 0.3) is 0 Å². The monoisotopic (exact) mass is 1450 g/mol. The van der Waals surface area contributed by atoms with E-state index in [0.29, 0.717) is 56.7 Å². The molecule has 2 aliphatic heterocycles. The lowest BCUT2D eigenvalue weighted by Gasteiger charge is -2.34. The fraction of sp³-hybridized carbons (Fsp3) is 0.349. The number of carbonyl (C=O) groups is 6. The molecule has 0 bridgehead atoms. The van der Waals surface area contributed by atoms with Gasteiger partial charge in [0.15, 0.2) is 0 Å². The van der Waals surface area contributed by atoms with Gasteiger partial charge in [-0.2, -0.15) is 4.31 Å². The Bertz CT molecular complexity index is 4240. The summed E-state index contributed by atoms with van der Waals surface area (Å²) in [6.07, 6.45) is 10.0. The molecule has 106 heavy (non-hydrogen) atoms. The lowest BCUT2D eigenvalue weighted by Crippen LogP contribution is -2.48. The number of anilines is 2. The summed E-state index contributed by atoms with van der Waals surface area (Å²) in [6.45, 7) is 8.82. The molecule has 0 unspecified atom stereocenters. The van der Waals surface area contributed by atoms with Crippen LogP contribution in [0.3, 0.4) is 0 Å². The van der Waals surface area contributed by atoms with Gasteiger partial charge < -0.3 is 29.9 Å². The van der Waals surface area contributed by atoms with Crippen LogP contribution < -0.4 is 31.1 Å². The highest BCUT2D eigenvalue weighted by Gasteiger charge is 2.28. The van der Waals surface area contributed by atoms with Crippen molar-refractivity contribution in [2.45, 2.75) is 124 Å². The molecule has 8 aromatic rings. The highest BCUT2D eigenvalue weighted by molar-refractivity contribution is 7.88. The van der Waals surface area contributed by atoms with Gasteiger partial charge in [0.2, 0.25) is 21.8 Å². The summed E-state index contributed by atoms with van der Waals surface area (Å²) in [5, 5.41) is 27.3. The molecular weight excluding hydrogens is 1350 g/mol. The lowest BCUT2D eigenvalue weighted by atomic mass is 9.86. The molecule has 0 radical (unpaired) electrons. The average Bonchev–Trinajstić information content (AvgIpc) is 0.873. The number of sulfonamides is 1. The summed E-state index contributed by atoms with van der Waals surface area (Å²) in [7, 11) is -3.19. The summed E-state index contributed by atoms with van der Waals surface area (Å²) in [5.74, 6) is -1.63. The van der Waals surface area contributed by atoms with Gasteiger partial charge in [-0.1, -0.05) is 208 Å². The van der Waals surface area contributed by atoms with E-state index in [2.05, 4.69) is 104 Å². The van der Waals surface area contributed by atoms with Gasteiger partial charge in [-0.25, -0.2) is 18.0 Å². The van der Waals surface area contributed by atoms with E-state index in [1.54, 1.807) is 55.5 Å². The first-order valence-corrected chi connectivity index (χ1v) is 38.8. The number of nitrogens with one attached hydrogen (secondary N) is 6. The first-order valence-electron chi connectivity index (χ1n) is 36.9. The van der Waals surface area contributed by atoms with Crippen LogP contribution in [0.5, 0.6) is 0 Å². The molecule has 10 rings (SSSR count). The van der Waals surface area contributed by atoms with Crippen LogP contribution in [-0.2, 0) is 90.7 Å². The standard InChI is InChI=1S/C43H51N5O6S.C43H50N4O4/c1-32(42(50)45-30-35-15-21-38(22-16-35)41(44)46-43(51)54-31-36-11-7-4-8-12-36)29-40(49)37(19-13-33-9-5-3-6-10-33)20-14-34-17-23-39(24-18-34)47-25-27-48(28-26-47)55(2,52)53;1-32(42(49)45-30-35-17-23-38(24-18-35)41(44)46-43(50)51-31-36-13-7-3-8-14-36)29-40(48)37(21-15-33-11-5-2-6-12-33)22-16-34-19-25-39(26-20-34)47-27-9-4-10-28-47/h3-12,15-18,21-24,32,37H,13-14,19-20,25-31H2,1-2H3,(H,45,50)(H2,44,46,51);2-3,5-8,11-14,17-20,23-26,32,37H,4,9-10,15-16,21-22,27-31H2,1H3,(H,45,49)(H2,44,46,50)/t2*32-,37+/m11/s1. The van der Waals surface area contributed by atoms with E-state index in [1.807, 2.05) is 104 Å². The first-order chi connectivity index (χ1) is 51.3. The van der Waals surface area contributed by atoms with Crippen molar-refractivity contribution in [3.05, 3.63) is 274 Å². The number of Topliss-reactive ketones (excluding diaryl/α,β-unsaturated/α-hetero) is 2. The molecule has 4 amide bonds. The minimum absolute atomic E-state index is 0.0768. The van der Waals surface area contributed by atoms with Crippen molar-refractivity contribution in [1.29, 1.82) is 10.8 Å². The number of hydrogen-bond acceptors (Lipinski definition) is 14. The number of hydrogen-bond donors (Lipinski definition) is 6. The van der Waals surface area contributed by atoms with Gasteiger partial charge >= 0.3 is 12.2 Å².